The van der Waals surface area contributed by atoms with Gasteiger partial charge in [-0.05, 0) is 31.5 Å². The molecule has 1 aromatic carbocycles. The molecule has 3 heteroatoms. The van der Waals surface area contributed by atoms with Crippen LogP contribution in [-0.4, -0.2) is 19.2 Å². The van der Waals surface area contributed by atoms with Crippen molar-refractivity contribution in [1.82, 2.24) is 5.32 Å². The van der Waals surface area contributed by atoms with Crippen molar-refractivity contribution in [1.29, 1.82) is 0 Å². The van der Waals surface area contributed by atoms with Gasteiger partial charge in [0.25, 0.3) is 0 Å². The molecule has 0 radical (unpaired) electrons. The quantitative estimate of drug-likeness (QED) is 0.770. The lowest BCUT2D eigenvalue weighted by Gasteiger charge is -2.17. The Labute approximate surface area is 96.8 Å². The molecule has 1 rings (SSSR count). The van der Waals surface area contributed by atoms with E-state index in [1.165, 1.54) is 6.07 Å². The van der Waals surface area contributed by atoms with E-state index in [1.54, 1.807) is 18.2 Å². The third kappa shape index (κ3) is 4.19. The van der Waals surface area contributed by atoms with Crippen molar-refractivity contribution < 1.29 is 9.13 Å². The molecule has 0 amide bonds. The number of rotatable bonds is 7. The number of benzene rings is 1. The van der Waals surface area contributed by atoms with Crippen LogP contribution >= 0.6 is 0 Å². The number of ether oxygens (including phenoxy) is 1. The van der Waals surface area contributed by atoms with Gasteiger partial charge in [0.15, 0.2) is 11.6 Å². The van der Waals surface area contributed by atoms with E-state index in [1.807, 2.05) is 0 Å². The molecular weight excluding hydrogens is 205 g/mol. The molecule has 0 aromatic heterocycles. The fraction of sp³-hybridized carbons (Fsp3) is 0.538. The lowest BCUT2D eigenvalue weighted by molar-refractivity contribution is 0.250. The molecule has 0 aliphatic rings. The molecule has 0 aliphatic heterocycles. The Morgan fingerprint density at radius 3 is 2.69 bits per heavy atom. The summed E-state index contributed by atoms with van der Waals surface area (Å²) >= 11 is 0. The highest BCUT2D eigenvalue weighted by atomic mass is 19.1. The van der Waals surface area contributed by atoms with Crippen LogP contribution in [0.1, 0.15) is 26.7 Å². The SMILES string of the molecule is CCCNC(CC)COc1ccccc1F. The highest BCUT2D eigenvalue weighted by Crippen LogP contribution is 2.15. The van der Waals surface area contributed by atoms with Gasteiger partial charge in [-0.15, -0.1) is 0 Å². The standard InChI is InChI=1S/C13H20FNO/c1-3-9-15-11(4-2)10-16-13-8-6-5-7-12(13)14/h5-8,11,15H,3-4,9-10H2,1-2H3. The van der Waals surface area contributed by atoms with Crippen molar-refractivity contribution in [3.8, 4) is 5.75 Å². The van der Waals surface area contributed by atoms with Crippen LogP contribution in [0, 0.1) is 5.82 Å². The first kappa shape index (κ1) is 13.0. The van der Waals surface area contributed by atoms with Crippen molar-refractivity contribution in [3.63, 3.8) is 0 Å². The first-order valence-electron chi connectivity index (χ1n) is 5.88. The van der Waals surface area contributed by atoms with Crippen LogP contribution in [0.4, 0.5) is 4.39 Å². The van der Waals surface area contributed by atoms with Crippen LogP contribution < -0.4 is 10.1 Å². The molecule has 90 valence electrons. The highest BCUT2D eigenvalue weighted by Gasteiger charge is 2.07. The van der Waals surface area contributed by atoms with Gasteiger partial charge in [0.1, 0.15) is 6.61 Å². The van der Waals surface area contributed by atoms with Gasteiger partial charge in [0.2, 0.25) is 0 Å². The number of para-hydroxylation sites is 1. The Kier molecular flexibility index (Phi) is 5.86. The fourth-order valence-corrected chi connectivity index (χ4v) is 1.42. The molecular formula is C13H20FNO. The van der Waals surface area contributed by atoms with Gasteiger partial charge >= 0.3 is 0 Å². The largest absolute Gasteiger partial charge is 0.489 e. The second-order valence-corrected chi connectivity index (χ2v) is 3.80. The van der Waals surface area contributed by atoms with Crippen LogP contribution in [0.3, 0.4) is 0 Å². The van der Waals surface area contributed by atoms with Crippen molar-refractivity contribution in [2.75, 3.05) is 13.2 Å². The summed E-state index contributed by atoms with van der Waals surface area (Å²) in [4.78, 5) is 0. The smallest absolute Gasteiger partial charge is 0.165 e. The molecule has 1 N–H and O–H groups in total. The normalized spacial score (nSPS) is 12.4. The zero-order chi connectivity index (χ0) is 11.8. The Balaban J connectivity index is 2.40. The van der Waals surface area contributed by atoms with Gasteiger partial charge in [-0.2, -0.15) is 0 Å². The van der Waals surface area contributed by atoms with Crippen LogP contribution in [0.15, 0.2) is 24.3 Å². The number of halogens is 1. The molecule has 0 heterocycles. The second-order valence-electron chi connectivity index (χ2n) is 3.80. The van der Waals surface area contributed by atoms with Gasteiger partial charge in [0.05, 0.1) is 0 Å². The molecule has 0 spiro atoms. The molecule has 2 nitrogen and oxygen atoms in total. The van der Waals surface area contributed by atoms with Crippen LogP contribution in [0.5, 0.6) is 5.75 Å². The molecule has 0 saturated heterocycles. The molecule has 1 unspecified atom stereocenters. The maximum Gasteiger partial charge on any atom is 0.165 e. The van der Waals surface area contributed by atoms with Gasteiger partial charge in [-0.1, -0.05) is 26.0 Å². The van der Waals surface area contributed by atoms with E-state index < -0.39 is 0 Å². The van der Waals surface area contributed by atoms with Gasteiger partial charge in [-0.25, -0.2) is 4.39 Å². The topological polar surface area (TPSA) is 21.3 Å². The maximum atomic E-state index is 13.3. The first-order chi connectivity index (χ1) is 7.77. The molecule has 1 atom stereocenters. The summed E-state index contributed by atoms with van der Waals surface area (Å²) < 4.78 is 18.7. The monoisotopic (exact) mass is 225 g/mol. The van der Waals surface area contributed by atoms with Gasteiger partial charge in [0, 0.05) is 6.04 Å². The summed E-state index contributed by atoms with van der Waals surface area (Å²) in [7, 11) is 0. The Bertz CT molecular complexity index is 304. The summed E-state index contributed by atoms with van der Waals surface area (Å²) in [5, 5.41) is 3.36. The van der Waals surface area contributed by atoms with Crippen molar-refractivity contribution >= 4 is 0 Å². The molecule has 0 saturated carbocycles. The third-order valence-corrected chi connectivity index (χ3v) is 2.45. The minimum absolute atomic E-state index is 0.291. The van der Waals surface area contributed by atoms with Crippen LogP contribution in [0.25, 0.3) is 0 Å². The minimum Gasteiger partial charge on any atom is -0.489 e. The molecule has 0 bridgehead atoms. The Morgan fingerprint density at radius 1 is 1.31 bits per heavy atom. The highest BCUT2D eigenvalue weighted by molar-refractivity contribution is 5.23. The van der Waals surface area contributed by atoms with Crippen molar-refractivity contribution in [3.05, 3.63) is 30.1 Å². The van der Waals surface area contributed by atoms with Crippen LogP contribution in [0.2, 0.25) is 0 Å². The van der Waals surface area contributed by atoms with E-state index in [-0.39, 0.29) is 5.82 Å². The lowest BCUT2D eigenvalue weighted by atomic mass is 10.2. The maximum absolute atomic E-state index is 13.3. The lowest BCUT2D eigenvalue weighted by Crippen LogP contribution is -2.34. The summed E-state index contributed by atoms with van der Waals surface area (Å²) in [5.41, 5.74) is 0. The van der Waals surface area contributed by atoms with Crippen molar-refractivity contribution in [2.45, 2.75) is 32.7 Å². The summed E-state index contributed by atoms with van der Waals surface area (Å²) in [6.45, 7) is 5.70. The summed E-state index contributed by atoms with van der Waals surface area (Å²) in [5.74, 6) is 0.0343. The van der Waals surface area contributed by atoms with E-state index in [4.69, 9.17) is 4.74 Å². The van der Waals surface area contributed by atoms with E-state index in [0.717, 1.165) is 19.4 Å². The van der Waals surface area contributed by atoms with E-state index in [0.29, 0.717) is 18.4 Å². The van der Waals surface area contributed by atoms with Crippen LogP contribution in [-0.2, 0) is 0 Å². The van der Waals surface area contributed by atoms with E-state index in [9.17, 15) is 4.39 Å². The van der Waals surface area contributed by atoms with Gasteiger partial charge < -0.3 is 10.1 Å². The van der Waals surface area contributed by atoms with Crippen molar-refractivity contribution in [2.24, 2.45) is 0 Å². The molecule has 1 aromatic rings. The molecule has 0 aliphatic carbocycles. The van der Waals surface area contributed by atoms with Gasteiger partial charge in [-0.3, -0.25) is 0 Å². The summed E-state index contributed by atoms with van der Waals surface area (Å²) in [6.07, 6.45) is 2.07. The Morgan fingerprint density at radius 2 is 2.06 bits per heavy atom. The predicted octanol–water partition coefficient (Wildman–Crippen LogP) is 2.98. The number of hydrogen-bond donors (Lipinski definition) is 1. The van der Waals surface area contributed by atoms with E-state index >= 15 is 0 Å². The molecule has 0 fully saturated rings. The minimum atomic E-state index is -0.298. The predicted molar refractivity (Wildman–Crippen MR) is 64.3 cm³/mol. The average molecular weight is 225 g/mol. The first-order valence-corrected chi connectivity index (χ1v) is 5.88. The fourth-order valence-electron chi connectivity index (χ4n) is 1.42. The number of nitrogens with one attached hydrogen (secondary N) is 1. The average Bonchev–Trinajstić information content (AvgIpc) is 2.31. The second kappa shape index (κ2) is 7.23. The summed E-state index contributed by atoms with van der Waals surface area (Å²) in [6, 6.07) is 6.80. The Hall–Kier alpha value is -1.09. The number of hydrogen-bond acceptors (Lipinski definition) is 2. The molecule has 16 heavy (non-hydrogen) atoms. The third-order valence-electron chi connectivity index (χ3n) is 2.45. The zero-order valence-corrected chi connectivity index (χ0v) is 10.0. The van der Waals surface area contributed by atoms with E-state index in [2.05, 4.69) is 19.2 Å². The zero-order valence-electron chi connectivity index (χ0n) is 10.0.